The molecule has 2 N–H and O–H groups in total. The van der Waals surface area contributed by atoms with Gasteiger partial charge in [0.1, 0.15) is 18.4 Å². The molecule has 0 spiro atoms. The molecule has 2 aliphatic rings. The van der Waals surface area contributed by atoms with Gasteiger partial charge in [-0.2, -0.15) is 0 Å². The van der Waals surface area contributed by atoms with Gasteiger partial charge in [-0.3, -0.25) is 19.4 Å². The van der Waals surface area contributed by atoms with Gasteiger partial charge in [0.15, 0.2) is 5.78 Å². The van der Waals surface area contributed by atoms with Crippen molar-refractivity contribution < 1.29 is 28.7 Å². The van der Waals surface area contributed by atoms with Crippen molar-refractivity contribution in [3.8, 4) is 0 Å². The number of nitrogens with one attached hydrogen (secondary N) is 1. The summed E-state index contributed by atoms with van der Waals surface area (Å²) < 4.78 is 12.9. The van der Waals surface area contributed by atoms with E-state index < -0.39 is 42.4 Å². The van der Waals surface area contributed by atoms with Crippen LogP contribution in [0, 0.1) is 5.92 Å². The second-order valence-electron chi connectivity index (χ2n) is 8.53. The molecule has 2 atom stereocenters. The third-order valence-corrected chi connectivity index (χ3v) is 6.18. The second-order valence-corrected chi connectivity index (χ2v) is 8.53. The topological polar surface area (TPSA) is 118 Å². The van der Waals surface area contributed by atoms with Crippen LogP contribution >= 0.6 is 0 Å². The summed E-state index contributed by atoms with van der Waals surface area (Å²) in [5.74, 6) is -2.87. The number of alkyl halides is 1. The maximum Gasteiger partial charge on any atom is 0.305 e. The molecule has 1 unspecified atom stereocenters. The van der Waals surface area contributed by atoms with E-state index in [1.54, 1.807) is 20.0 Å². The van der Waals surface area contributed by atoms with E-state index in [1.807, 2.05) is 12.1 Å². The van der Waals surface area contributed by atoms with Crippen LogP contribution in [0.1, 0.15) is 69.5 Å². The van der Waals surface area contributed by atoms with Crippen molar-refractivity contribution in [2.24, 2.45) is 11.1 Å². The number of carbonyl (C=O) groups excluding carboxylic acids is 2. The largest absolute Gasteiger partial charge is 0.481 e. The number of amides is 1. The molecule has 168 valence electrons. The van der Waals surface area contributed by atoms with Gasteiger partial charge in [-0.05, 0) is 36.5 Å². The highest BCUT2D eigenvalue weighted by Gasteiger charge is 2.50. The summed E-state index contributed by atoms with van der Waals surface area (Å²) >= 11 is 0. The van der Waals surface area contributed by atoms with Gasteiger partial charge in [-0.25, -0.2) is 4.39 Å². The van der Waals surface area contributed by atoms with E-state index in [0.717, 1.165) is 12.8 Å². The molecule has 0 aromatic carbocycles. The zero-order valence-corrected chi connectivity index (χ0v) is 17.8. The molecule has 1 aliphatic carbocycles. The van der Waals surface area contributed by atoms with E-state index in [4.69, 9.17) is 9.94 Å². The molecule has 1 aromatic heterocycles. The third kappa shape index (κ3) is 4.91. The third-order valence-electron chi connectivity index (χ3n) is 6.18. The van der Waals surface area contributed by atoms with Gasteiger partial charge in [0, 0.05) is 18.5 Å². The lowest BCUT2D eigenvalue weighted by molar-refractivity contribution is -0.152. The number of hydrogen-bond donors (Lipinski definition) is 2. The van der Waals surface area contributed by atoms with Gasteiger partial charge in [0.25, 0.3) is 5.91 Å². The number of nitrogens with zero attached hydrogens (tertiary/aromatic N) is 2. The number of carboxylic acids is 1. The Morgan fingerprint density at radius 3 is 2.65 bits per heavy atom. The minimum Gasteiger partial charge on any atom is -0.481 e. The molecule has 9 heteroatoms. The van der Waals surface area contributed by atoms with Crippen molar-refractivity contribution in [2.45, 2.75) is 69.9 Å². The fourth-order valence-electron chi connectivity index (χ4n) is 4.19. The first-order valence-corrected chi connectivity index (χ1v) is 10.6. The number of carboxylic acid groups (broad SMARTS) is 1. The zero-order chi connectivity index (χ0) is 22.6. The Labute approximate surface area is 180 Å². The first kappa shape index (κ1) is 22.8. The second kappa shape index (κ2) is 9.53. The van der Waals surface area contributed by atoms with Crippen LogP contribution in [-0.2, 0) is 19.2 Å². The number of carbonyl (C=O) groups is 3. The lowest BCUT2D eigenvalue weighted by Gasteiger charge is -2.30. The molecule has 31 heavy (non-hydrogen) atoms. The number of Topliss-reactive ketones (excluding diaryl/α,β-unsaturated/α-hetero) is 1. The highest BCUT2D eigenvalue weighted by atomic mass is 19.1. The number of pyridine rings is 1. The lowest BCUT2D eigenvalue weighted by Crippen LogP contribution is -2.55. The average Bonchev–Trinajstić information content (AvgIpc) is 3.43. The number of aromatic nitrogens is 1. The SMILES string of the molecule is CC(C)[C@]1(C(=O)NC(CC(=O)O)C(=O)CF)CC(c2cc(C3CCCC3)ccn2)=NO1. The predicted octanol–water partition coefficient (Wildman–Crippen LogP) is 2.76. The first-order chi connectivity index (χ1) is 14.8. The summed E-state index contributed by atoms with van der Waals surface area (Å²) in [6.07, 6.45) is 5.82. The van der Waals surface area contributed by atoms with Crippen molar-refractivity contribution in [2.75, 3.05) is 6.67 Å². The Hall–Kier alpha value is -2.84. The molecular formula is C22H28FN3O5. The number of rotatable bonds is 9. The quantitative estimate of drug-likeness (QED) is 0.618. The maximum atomic E-state index is 13.1. The molecule has 1 aliphatic heterocycles. The number of aliphatic carboxylic acids is 1. The summed E-state index contributed by atoms with van der Waals surface area (Å²) in [5, 5.41) is 15.5. The smallest absolute Gasteiger partial charge is 0.305 e. The van der Waals surface area contributed by atoms with Crippen molar-refractivity contribution in [3.63, 3.8) is 0 Å². The Kier molecular flexibility index (Phi) is 7.02. The van der Waals surface area contributed by atoms with E-state index in [0.29, 0.717) is 17.3 Å². The molecule has 0 saturated heterocycles. The predicted molar refractivity (Wildman–Crippen MR) is 110 cm³/mol. The molecular weight excluding hydrogens is 405 g/mol. The molecule has 0 radical (unpaired) electrons. The molecule has 1 aromatic rings. The summed E-state index contributed by atoms with van der Waals surface area (Å²) in [6.45, 7) is 2.17. The fourth-order valence-corrected chi connectivity index (χ4v) is 4.19. The monoisotopic (exact) mass is 433 g/mol. The molecule has 3 rings (SSSR count). The highest BCUT2D eigenvalue weighted by Crippen LogP contribution is 2.36. The van der Waals surface area contributed by atoms with Crippen LogP contribution in [0.3, 0.4) is 0 Å². The van der Waals surface area contributed by atoms with Gasteiger partial charge in [-0.1, -0.05) is 31.8 Å². The summed E-state index contributed by atoms with van der Waals surface area (Å²) in [5.41, 5.74) is 0.886. The Morgan fingerprint density at radius 1 is 1.32 bits per heavy atom. The molecule has 1 fully saturated rings. The molecule has 0 bridgehead atoms. The number of ketones is 1. The van der Waals surface area contributed by atoms with Crippen molar-refractivity contribution in [1.29, 1.82) is 0 Å². The van der Waals surface area contributed by atoms with E-state index in [1.165, 1.54) is 18.4 Å². The first-order valence-electron chi connectivity index (χ1n) is 10.6. The van der Waals surface area contributed by atoms with Crippen LogP contribution in [0.2, 0.25) is 0 Å². The highest BCUT2D eigenvalue weighted by molar-refractivity contribution is 6.05. The molecule has 1 amide bonds. The number of halogens is 1. The summed E-state index contributed by atoms with van der Waals surface area (Å²) in [6, 6.07) is 2.51. The van der Waals surface area contributed by atoms with Crippen molar-refractivity contribution in [1.82, 2.24) is 10.3 Å². The minimum atomic E-state index is -1.47. The van der Waals surface area contributed by atoms with E-state index in [9.17, 15) is 18.8 Å². The molecule has 8 nitrogen and oxygen atoms in total. The van der Waals surface area contributed by atoms with Gasteiger partial charge in [0.2, 0.25) is 5.60 Å². The maximum absolute atomic E-state index is 13.1. The van der Waals surface area contributed by atoms with E-state index in [2.05, 4.69) is 15.5 Å². The summed E-state index contributed by atoms with van der Waals surface area (Å²) in [7, 11) is 0. The van der Waals surface area contributed by atoms with Gasteiger partial charge >= 0.3 is 5.97 Å². The van der Waals surface area contributed by atoms with Crippen molar-refractivity contribution >= 4 is 23.4 Å². The van der Waals surface area contributed by atoms with E-state index >= 15 is 0 Å². The lowest BCUT2D eigenvalue weighted by atomic mass is 9.83. The molecule has 1 saturated carbocycles. The Balaban J connectivity index is 1.78. The Bertz CT molecular complexity index is 882. The number of oxime groups is 1. The normalized spacial score (nSPS) is 22.1. The fraction of sp³-hybridized carbons (Fsp3) is 0.591. The van der Waals surface area contributed by atoms with E-state index in [-0.39, 0.29) is 12.3 Å². The molecule has 2 heterocycles. The standard InChI is InChI=1S/C22H28FN3O5/c1-13(2)22(21(30)25-17(10-20(28)29)19(27)12-23)11-18(26-31-22)16-9-15(7-8-24-16)14-5-3-4-6-14/h7-9,13-14,17H,3-6,10-12H2,1-2H3,(H,25,30)(H,28,29)/t17?,22-/m0/s1. The van der Waals surface area contributed by atoms with Crippen molar-refractivity contribution in [3.05, 3.63) is 29.6 Å². The summed E-state index contributed by atoms with van der Waals surface area (Å²) in [4.78, 5) is 45.9. The van der Waals surface area contributed by atoms with Gasteiger partial charge in [-0.15, -0.1) is 0 Å². The van der Waals surface area contributed by atoms with Crippen LogP contribution in [0.15, 0.2) is 23.5 Å². The Morgan fingerprint density at radius 2 is 2.03 bits per heavy atom. The minimum absolute atomic E-state index is 0.112. The van der Waals surface area contributed by atoms with Crippen LogP contribution in [0.25, 0.3) is 0 Å². The van der Waals surface area contributed by atoms with Crippen LogP contribution in [0.4, 0.5) is 4.39 Å². The van der Waals surface area contributed by atoms with Crippen LogP contribution in [0.5, 0.6) is 0 Å². The van der Waals surface area contributed by atoms with Gasteiger partial charge in [0.05, 0.1) is 12.1 Å². The van der Waals surface area contributed by atoms with Crippen LogP contribution < -0.4 is 5.32 Å². The average molecular weight is 433 g/mol. The zero-order valence-electron chi connectivity index (χ0n) is 17.8. The van der Waals surface area contributed by atoms with Gasteiger partial charge < -0.3 is 15.3 Å². The number of hydrogen-bond acceptors (Lipinski definition) is 6. The van der Waals surface area contributed by atoms with Crippen LogP contribution in [-0.4, -0.2) is 51.8 Å².